The van der Waals surface area contributed by atoms with Crippen LogP contribution in [0, 0.1) is 5.92 Å². The van der Waals surface area contributed by atoms with Crippen molar-refractivity contribution in [3.8, 4) is 5.75 Å². The van der Waals surface area contributed by atoms with E-state index >= 15 is 0 Å². The van der Waals surface area contributed by atoms with Crippen LogP contribution in [0.4, 0.5) is 4.79 Å². The Kier molecular flexibility index (Phi) is 10.8. The number of nitrogens with zero attached hydrogens (tertiary/aromatic N) is 2. The van der Waals surface area contributed by atoms with Crippen LogP contribution in [0.15, 0.2) is 62.5 Å². The Bertz CT molecular complexity index is 2050. The highest BCUT2D eigenvalue weighted by atomic mass is 32.2. The molecule has 0 unspecified atom stereocenters. The zero-order valence-corrected chi connectivity index (χ0v) is 29.6. The standard InChI is InChI=1S/C34H37N5O12S/c1-16(2)14-19(35-21(40)15-38-28(43)18-12-9-13-20(50-33(48)49-5)24(18)51-32(38)47)26(41)36-22(17-10-7-6-8-11-17)27(42)37-23-29(44)39-25(31(45)46)34(3,4)52-30(23)39/h6-13,16,19,22-23,25,30H,14-15H2,1-5H3,(H,35,40)(H,36,41)(H,37,42)(H,45,46)/t19-,22+,23+,25-,30+/m0/s1. The summed E-state index contributed by atoms with van der Waals surface area (Å²) in [5, 5.41) is 16.8. The topological polar surface area (TPSA) is 233 Å². The Balaban J connectivity index is 1.34. The van der Waals surface area contributed by atoms with Gasteiger partial charge in [0.1, 0.15) is 36.1 Å². The number of carboxylic acid groups (broad SMARTS) is 1. The Morgan fingerprint density at radius 2 is 1.67 bits per heavy atom. The summed E-state index contributed by atoms with van der Waals surface area (Å²) < 4.78 is 14.3. The first-order valence-corrected chi connectivity index (χ1v) is 17.0. The van der Waals surface area contributed by atoms with Crippen LogP contribution in [0.5, 0.6) is 5.75 Å². The van der Waals surface area contributed by atoms with E-state index in [1.807, 2.05) is 0 Å². The van der Waals surface area contributed by atoms with Gasteiger partial charge in [0, 0.05) is 4.75 Å². The molecule has 2 aliphatic rings. The second-order valence-electron chi connectivity index (χ2n) is 13.1. The minimum Gasteiger partial charge on any atom is -0.480 e. The van der Waals surface area contributed by atoms with Crippen LogP contribution < -0.4 is 32.0 Å². The van der Waals surface area contributed by atoms with Crippen molar-refractivity contribution in [1.82, 2.24) is 25.4 Å². The van der Waals surface area contributed by atoms with E-state index in [0.29, 0.717) is 10.1 Å². The van der Waals surface area contributed by atoms with Gasteiger partial charge in [-0.25, -0.2) is 19.0 Å². The molecule has 2 aliphatic heterocycles. The summed E-state index contributed by atoms with van der Waals surface area (Å²) in [5.41, 5.74) is -0.898. The number of amides is 4. The number of carboxylic acids is 1. The third kappa shape index (κ3) is 7.51. The van der Waals surface area contributed by atoms with Gasteiger partial charge in [-0.15, -0.1) is 11.8 Å². The minimum absolute atomic E-state index is 0.0938. The number of rotatable bonds is 12. The van der Waals surface area contributed by atoms with E-state index < -0.39 is 87.9 Å². The number of methoxy groups -OCH3 is 1. The predicted octanol–water partition coefficient (Wildman–Crippen LogP) is 1.12. The summed E-state index contributed by atoms with van der Waals surface area (Å²) in [5.74, 6) is -5.75. The monoisotopic (exact) mass is 739 g/mol. The molecule has 0 radical (unpaired) electrons. The molecule has 17 nitrogen and oxygen atoms in total. The molecule has 52 heavy (non-hydrogen) atoms. The first kappa shape index (κ1) is 37.6. The number of hydrogen-bond acceptors (Lipinski definition) is 12. The number of hydrogen-bond donors (Lipinski definition) is 4. The predicted molar refractivity (Wildman–Crippen MR) is 184 cm³/mol. The lowest BCUT2D eigenvalue weighted by Crippen LogP contribution is -2.71. The average molecular weight is 740 g/mol. The van der Waals surface area contributed by atoms with E-state index in [9.17, 15) is 43.5 Å². The van der Waals surface area contributed by atoms with E-state index in [4.69, 9.17) is 9.15 Å². The zero-order valence-electron chi connectivity index (χ0n) is 28.7. The normalized spacial score (nSPS) is 19.9. The number of nitrogens with one attached hydrogen (secondary N) is 3. The molecule has 4 amide bonds. The van der Waals surface area contributed by atoms with Crippen molar-refractivity contribution in [1.29, 1.82) is 0 Å². The number of para-hydroxylation sites is 1. The fourth-order valence-electron chi connectivity index (χ4n) is 6.17. The molecule has 5 rings (SSSR count). The lowest BCUT2D eigenvalue weighted by Gasteiger charge is -2.44. The first-order valence-electron chi connectivity index (χ1n) is 16.1. The summed E-state index contributed by atoms with van der Waals surface area (Å²) in [6.45, 7) is 6.17. The molecule has 276 valence electrons. The zero-order chi connectivity index (χ0) is 38.1. The van der Waals surface area contributed by atoms with Gasteiger partial charge >= 0.3 is 17.9 Å². The highest BCUT2D eigenvalue weighted by Gasteiger charge is 2.64. The third-order valence-corrected chi connectivity index (χ3v) is 10.1. The number of carbonyl (C=O) groups excluding carboxylic acids is 5. The second kappa shape index (κ2) is 14.9. The quantitative estimate of drug-likeness (QED) is 0.116. The Hall–Kier alpha value is -5.65. The lowest BCUT2D eigenvalue weighted by molar-refractivity contribution is -0.161. The van der Waals surface area contributed by atoms with Gasteiger partial charge in [-0.3, -0.25) is 24.0 Å². The number of benzene rings is 2. The SMILES string of the molecule is COC(=O)Oc1cccc2c(=O)n(CC(=O)N[C@@H](CC(C)C)C(=O)N[C@@H](C(=O)N[C@@H]3C(=O)N4[C@@H]3SC(C)(C)[C@@H]4C(=O)O)c3ccccc3)c(=O)oc12. The summed E-state index contributed by atoms with van der Waals surface area (Å²) in [7, 11) is 1.07. The van der Waals surface area contributed by atoms with Crippen LogP contribution in [-0.2, 0) is 35.3 Å². The van der Waals surface area contributed by atoms with E-state index in [1.165, 1.54) is 34.9 Å². The number of carbonyl (C=O) groups is 6. The fourth-order valence-corrected chi connectivity index (χ4v) is 7.79. The maximum Gasteiger partial charge on any atom is 0.513 e. The van der Waals surface area contributed by atoms with Gasteiger partial charge in [0.25, 0.3) is 5.56 Å². The van der Waals surface area contributed by atoms with Crippen molar-refractivity contribution in [2.45, 2.75) is 74.9 Å². The average Bonchev–Trinajstić information content (AvgIpc) is 3.35. The van der Waals surface area contributed by atoms with E-state index in [-0.39, 0.29) is 29.1 Å². The van der Waals surface area contributed by atoms with E-state index in [1.54, 1.807) is 58.0 Å². The molecule has 4 N–H and O–H groups in total. The van der Waals surface area contributed by atoms with Gasteiger partial charge in [0.05, 0.1) is 12.5 Å². The molecular formula is C34H37N5O12S. The van der Waals surface area contributed by atoms with Crippen LogP contribution >= 0.6 is 11.8 Å². The molecule has 18 heteroatoms. The molecule has 3 heterocycles. The minimum atomic E-state index is -1.33. The molecule has 0 bridgehead atoms. The van der Waals surface area contributed by atoms with Crippen molar-refractivity contribution in [3.05, 3.63) is 75.0 Å². The Labute approximate surface area is 300 Å². The molecular weight excluding hydrogens is 702 g/mol. The molecule has 2 fully saturated rings. The van der Waals surface area contributed by atoms with Gasteiger partial charge in [-0.2, -0.15) is 0 Å². The van der Waals surface area contributed by atoms with Crippen LogP contribution in [0.1, 0.15) is 45.7 Å². The van der Waals surface area contributed by atoms with Gasteiger partial charge in [-0.05, 0) is 43.9 Å². The van der Waals surface area contributed by atoms with Gasteiger partial charge < -0.3 is 39.8 Å². The Morgan fingerprint density at radius 3 is 2.31 bits per heavy atom. The molecule has 0 aliphatic carbocycles. The van der Waals surface area contributed by atoms with Crippen molar-refractivity contribution < 1.29 is 47.8 Å². The van der Waals surface area contributed by atoms with Gasteiger partial charge in [0.15, 0.2) is 11.3 Å². The second-order valence-corrected chi connectivity index (χ2v) is 14.9. The van der Waals surface area contributed by atoms with E-state index in [2.05, 4.69) is 20.7 Å². The molecule has 0 spiro atoms. The highest BCUT2D eigenvalue weighted by molar-refractivity contribution is 8.01. The molecule has 5 atom stereocenters. The molecule has 2 aromatic carbocycles. The number of fused-ring (bicyclic) bond motifs is 2. The fraction of sp³-hybridized carbons (Fsp3) is 0.412. The highest BCUT2D eigenvalue weighted by Crippen LogP contribution is 2.50. The number of aromatic nitrogens is 1. The number of aliphatic carboxylic acids is 1. The first-order chi connectivity index (χ1) is 24.5. The van der Waals surface area contributed by atoms with Crippen molar-refractivity contribution >= 4 is 58.5 Å². The summed E-state index contributed by atoms with van der Waals surface area (Å²) >= 11 is 1.25. The molecule has 3 aromatic rings. The van der Waals surface area contributed by atoms with Crippen LogP contribution in [0.3, 0.4) is 0 Å². The van der Waals surface area contributed by atoms with Gasteiger partial charge in [0.2, 0.25) is 23.6 Å². The molecule has 0 saturated carbocycles. The summed E-state index contributed by atoms with van der Waals surface area (Å²) in [4.78, 5) is 105. The number of β-lactam (4-membered cyclic amide) rings is 1. The maximum absolute atomic E-state index is 13.8. The third-order valence-electron chi connectivity index (χ3n) is 8.54. The van der Waals surface area contributed by atoms with Crippen molar-refractivity contribution in [3.63, 3.8) is 0 Å². The van der Waals surface area contributed by atoms with Crippen LogP contribution in [0.2, 0.25) is 0 Å². The van der Waals surface area contributed by atoms with Crippen molar-refractivity contribution in [2.75, 3.05) is 7.11 Å². The Morgan fingerprint density at radius 1 is 0.981 bits per heavy atom. The molecule has 2 saturated heterocycles. The van der Waals surface area contributed by atoms with Crippen LogP contribution in [-0.4, -0.2) is 85.7 Å². The largest absolute Gasteiger partial charge is 0.513 e. The maximum atomic E-state index is 13.8. The molecule has 1 aromatic heterocycles. The van der Waals surface area contributed by atoms with Crippen LogP contribution in [0.25, 0.3) is 11.0 Å². The lowest BCUT2D eigenvalue weighted by atomic mass is 9.95. The van der Waals surface area contributed by atoms with E-state index in [0.717, 1.165) is 7.11 Å². The summed E-state index contributed by atoms with van der Waals surface area (Å²) in [6, 6.07) is 7.45. The van der Waals surface area contributed by atoms with Crippen molar-refractivity contribution in [2.24, 2.45) is 5.92 Å². The smallest absolute Gasteiger partial charge is 0.480 e. The van der Waals surface area contributed by atoms with Gasteiger partial charge in [-0.1, -0.05) is 50.2 Å². The number of thioether (sulfide) groups is 1. The summed E-state index contributed by atoms with van der Waals surface area (Å²) in [6.07, 6.45) is -1.02. The number of ether oxygens (including phenoxy) is 2.